The predicted molar refractivity (Wildman–Crippen MR) is 96.1 cm³/mol. The number of nitrogens with zero attached hydrogens (tertiary/aromatic N) is 1. The molecule has 4 N–H and O–H groups in total. The van der Waals surface area contributed by atoms with E-state index in [-0.39, 0.29) is 11.4 Å². The third-order valence-electron chi connectivity index (χ3n) is 4.19. The minimum Gasteiger partial charge on any atom is -0.496 e. The van der Waals surface area contributed by atoms with Gasteiger partial charge in [0.1, 0.15) is 5.75 Å². The monoisotopic (exact) mass is 321 g/mol. The van der Waals surface area contributed by atoms with Crippen molar-refractivity contribution in [1.29, 1.82) is 0 Å². The summed E-state index contributed by atoms with van der Waals surface area (Å²) in [6, 6.07) is 11.6. The molecular weight excluding hydrogens is 302 g/mol. The number of benzene rings is 2. The summed E-state index contributed by atoms with van der Waals surface area (Å²) in [5.41, 5.74) is 16.5. The van der Waals surface area contributed by atoms with E-state index in [2.05, 4.69) is 4.98 Å². The Morgan fingerprint density at radius 3 is 2.58 bits per heavy atom. The number of aryl methyl sites for hydroxylation is 1. The molecule has 0 saturated carbocycles. The van der Waals surface area contributed by atoms with Gasteiger partial charge in [-0.15, -0.1) is 0 Å². The number of ether oxygens (including phenoxy) is 1. The number of primary amides is 1. The van der Waals surface area contributed by atoms with Crippen LogP contribution in [0.15, 0.2) is 36.4 Å². The van der Waals surface area contributed by atoms with Gasteiger partial charge < -0.3 is 16.2 Å². The van der Waals surface area contributed by atoms with Gasteiger partial charge in [0.25, 0.3) is 5.91 Å². The van der Waals surface area contributed by atoms with E-state index in [0.29, 0.717) is 5.52 Å². The molecule has 1 aromatic heterocycles. The highest BCUT2D eigenvalue weighted by atomic mass is 16.5. The van der Waals surface area contributed by atoms with E-state index in [4.69, 9.17) is 16.2 Å². The summed E-state index contributed by atoms with van der Waals surface area (Å²) in [5.74, 6) is 0.113. The maximum Gasteiger partial charge on any atom is 0.269 e. The van der Waals surface area contributed by atoms with Gasteiger partial charge in [-0.1, -0.05) is 24.3 Å². The summed E-state index contributed by atoms with van der Waals surface area (Å²) in [6.45, 7) is 3.93. The quantitative estimate of drug-likeness (QED) is 0.775. The average Bonchev–Trinajstić information content (AvgIpc) is 2.55. The van der Waals surface area contributed by atoms with Gasteiger partial charge in [0.05, 0.1) is 18.3 Å². The number of anilines is 1. The summed E-state index contributed by atoms with van der Waals surface area (Å²) in [5, 5.41) is 0.874. The average molecular weight is 321 g/mol. The first-order valence-corrected chi connectivity index (χ1v) is 7.57. The van der Waals surface area contributed by atoms with Crippen molar-refractivity contribution in [3.63, 3.8) is 0 Å². The van der Waals surface area contributed by atoms with Crippen LogP contribution in [-0.4, -0.2) is 18.0 Å². The molecule has 3 aromatic rings. The molecule has 5 heteroatoms. The molecule has 0 aliphatic rings. The normalized spacial score (nSPS) is 10.8. The van der Waals surface area contributed by atoms with Crippen LogP contribution in [0.25, 0.3) is 22.0 Å². The number of rotatable bonds is 3. The highest BCUT2D eigenvalue weighted by Crippen LogP contribution is 2.39. The van der Waals surface area contributed by atoms with Crippen molar-refractivity contribution in [3.8, 4) is 16.9 Å². The van der Waals surface area contributed by atoms with Crippen molar-refractivity contribution in [2.75, 3.05) is 12.8 Å². The van der Waals surface area contributed by atoms with Crippen molar-refractivity contribution >= 4 is 22.5 Å². The smallest absolute Gasteiger partial charge is 0.269 e. The van der Waals surface area contributed by atoms with Crippen LogP contribution in [0.2, 0.25) is 0 Å². The Bertz CT molecular complexity index is 964. The van der Waals surface area contributed by atoms with E-state index in [1.165, 1.54) is 0 Å². The molecule has 24 heavy (non-hydrogen) atoms. The molecule has 0 aliphatic heterocycles. The van der Waals surface area contributed by atoms with Gasteiger partial charge in [-0.3, -0.25) is 4.79 Å². The maximum atomic E-state index is 11.8. The summed E-state index contributed by atoms with van der Waals surface area (Å²) in [4.78, 5) is 16.2. The number of fused-ring (bicyclic) bond motifs is 1. The van der Waals surface area contributed by atoms with Crippen LogP contribution in [-0.2, 0) is 0 Å². The molecule has 1 heterocycles. The molecule has 0 saturated heterocycles. The van der Waals surface area contributed by atoms with Crippen LogP contribution in [0.4, 0.5) is 5.69 Å². The van der Waals surface area contributed by atoms with Gasteiger partial charge in [0.15, 0.2) is 5.69 Å². The fourth-order valence-electron chi connectivity index (χ4n) is 2.97. The summed E-state index contributed by atoms with van der Waals surface area (Å²) in [7, 11) is 1.62. The van der Waals surface area contributed by atoms with Crippen LogP contribution in [0.5, 0.6) is 5.75 Å². The summed E-state index contributed by atoms with van der Waals surface area (Å²) in [6.07, 6.45) is 0. The van der Waals surface area contributed by atoms with Gasteiger partial charge >= 0.3 is 0 Å². The maximum absolute atomic E-state index is 11.8. The number of pyridine rings is 1. The number of hydrogen-bond donors (Lipinski definition) is 2. The Morgan fingerprint density at radius 1 is 1.17 bits per heavy atom. The Kier molecular flexibility index (Phi) is 3.85. The summed E-state index contributed by atoms with van der Waals surface area (Å²) >= 11 is 0. The van der Waals surface area contributed by atoms with Gasteiger partial charge in [0, 0.05) is 10.9 Å². The number of nitrogen functional groups attached to an aromatic ring is 1. The third-order valence-corrected chi connectivity index (χ3v) is 4.19. The minimum atomic E-state index is -0.641. The number of aromatic nitrogens is 1. The Balaban J connectivity index is 2.46. The number of hydrogen-bond acceptors (Lipinski definition) is 4. The lowest BCUT2D eigenvalue weighted by atomic mass is 9.93. The first-order valence-electron chi connectivity index (χ1n) is 7.57. The van der Waals surface area contributed by atoms with Gasteiger partial charge in [-0.2, -0.15) is 0 Å². The number of amides is 1. The van der Waals surface area contributed by atoms with E-state index in [1.807, 2.05) is 50.2 Å². The van der Waals surface area contributed by atoms with Crippen molar-refractivity contribution in [2.45, 2.75) is 13.8 Å². The number of carbonyl (C=O) groups excluding carboxylic acids is 1. The SMILES string of the molecule is COc1cccc(-c2c(N)c(C(N)=O)nc3cc(C)ccc23)c1C. The zero-order chi connectivity index (χ0) is 17.4. The molecular formula is C19H19N3O2. The molecule has 0 atom stereocenters. The molecule has 3 rings (SSSR count). The first kappa shape index (κ1) is 15.8. The van der Waals surface area contributed by atoms with E-state index >= 15 is 0 Å². The molecule has 0 spiro atoms. The minimum absolute atomic E-state index is 0.0883. The van der Waals surface area contributed by atoms with Crippen LogP contribution in [0.3, 0.4) is 0 Å². The molecule has 1 amide bonds. The number of carbonyl (C=O) groups is 1. The Morgan fingerprint density at radius 2 is 1.92 bits per heavy atom. The lowest BCUT2D eigenvalue weighted by Crippen LogP contribution is -2.16. The molecule has 0 aliphatic carbocycles. The highest BCUT2D eigenvalue weighted by Gasteiger charge is 2.19. The van der Waals surface area contributed by atoms with E-state index in [1.54, 1.807) is 7.11 Å². The predicted octanol–water partition coefficient (Wildman–Crippen LogP) is 3.21. The van der Waals surface area contributed by atoms with Crippen molar-refractivity contribution in [3.05, 3.63) is 53.2 Å². The van der Waals surface area contributed by atoms with Gasteiger partial charge in [-0.05, 0) is 42.7 Å². The molecule has 122 valence electrons. The second kappa shape index (κ2) is 5.85. The molecule has 0 radical (unpaired) electrons. The van der Waals surface area contributed by atoms with E-state index in [9.17, 15) is 4.79 Å². The summed E-state index contributed by atoms with van der Waals surface area (Å²) < 4.78 is 5.41. The third kappa shape index (κ3) is 2.44. The first-order chi connectivity index (χ1) is 11.4. The second-order valence-corrected chi connectivity index (χ2v) is 5.77. The van der Waals surface area contributed by atoms with Crippen molar-refractivity contribution in [2.24, 2.45) is 5.73 Å². The number of methoxy groups -OCH3 is 1. The van der Waals surface area contributed by atoms with Gasteiger partial charge in [-0.25, -0.2) is 4.98 Å². The number of nitrogens with two attached hydrogens (primary N) is 2. The standard InChI is InChI=1S/C19H19N3O2/c1-10-7-8-13-14(9-10)22-18(19(21)23)17(20)16(13)12-5-4-6-15(24-3)11(12)2/h4-9H,20H2,1-3H3,(H2,21,23). The lowest BCUT2D eigenvalue weighted by molar-refractivity contribution is 0.0997. The largest absolute Gasteiger partial charge is 0.496 e. The molecule has 0 bridgehead atoms. The van der Waals surface area contributed by atoms with E-state index < -0.39 is 5.91 Å². The highest BCUT2D eigenvalue weighted by molar-refractivity contribution is 6.09. The zero-order valence-corrected chi connectivity index (χ0v) is 13.9. The Labute approximate surface area is 140 Å². The van der Waals surface area contributed by atoms with E-state index in [0.717, 1.165) is 33.4 Å². The van der Waals surface area contributed by atoms with Gasteiger partial charge in [0.2, 0.25) is 0 Å². The lowest BCUT2D eigenvalue weighted by Gasteiger charge is -2.16. The van der Waals surface area contributed by atoms with Crippen molar-refractivity contribution < 1.29 is 9.53 Å². The van der Waals surface area contributed by atoms with Crippen LogP contribution < -0.4 is 16.2 Å². The fourth-order valence-corrected chi connectivity index (χ4v) is 2.97. The second-order valence-electron chi connectivity index (χ2n) is 5.77. The molecule has 2 aromatic carbocycles. The Hall–Kier alpha value is -3.08. The molecule has 0 unspecified atom stereocenters. The van der Waals surface area contributed by atoms with Crippen LogP contribution in [0, 0.1) is 13.8 Å². The van der Waals surface area contributed by atoms with Crippen LogP contribution in [0.1, 0.15) is 21.6 Å². The molecule has 0 fully saturated rings. The molecule has 5 nitrogen and oxygen atoms in total. The topological polar surface area (TPSA) is 91.2 Å². The fraction of sp³-hybridized carbons (Fsp3) is 0.158. The van der Waals surface area contributed by atoms with Crippen molar-refractivity contribution in [1.82, 2.24) is 4.98 Å². The van der Waals surface area contributed by atoms with Crippen LogP contribution >= 0.6 is 0 Å². The zero-order valence-electron chi connectivity index (χ0n) is 13.9.